The van der Waals surface area contributed by atoms with Gasteiger partial charge in [-0.05, 0) is 37.7 Å². The van der Waals surface area contributed by atoms with Crippen molar-refractivity contribution in [1.29, 1.82) is 0 Å². The summed E-state index contributed by atoms with van der Waals surface area (Å²) in [5.41, 5.74) is 6.01. The summed E-state index contributed by atoms with van der Waals surface area (Å²) in [6.45, 7) is 2.49. The first-order chi connectivity index (χ1) is 8.72. The normalized spacial score (nSPS) is 25.1. The third-order valence-electron chi connectivity index (χ3n) is 3.70. The van der Waals surface area contributed by atoms with Gasteiger partial charge < -0.3 is 15.4 Å². The van der Waals surface area contributed by atoms with Crippen molar-refractivity contribution >= 4 is 17.7 Å². The van der Waals surface area contributed by atoms with Crippen LogP contribution in [0.25, 0.3) is 0 Å². The molecule has 0 aromatic carbocycles. The van der Waals surface area contributed by atoms with Gasteiger partial charge in [0.05, 0.1) is 12.6 Å². The van der Waals surface area contributed by atoms with E-state index in [2.05, 4.69) is 0 Å². The molecule has 2 rings (SSSR count). The Morgan fingerprint density at radius 2 is 2.28 bits per heavy atom. The lowest BCUT2D eigenvalue weighted by Gasteiger charge is -2.27. The summed E-state index contributed by atoms with van der Waals surface area (Å²) in [7, 11) is 0. The number of amides is 1. The number of nitrogens with zero attached hydrogens (tertiary/aromatic N) is 1. The molecule has 1 aliphatic heterocycles. The highest BCUT2D eigenvalue weighted by atomic mass is 32.2. The van der Waals surface area contributed by atoms with Gasteiger partial charge in [-0.2, -0.15) is 11.8 Å². The predicted molar refractivity (Wildman–Crippen MR) is 74.6 cm³/mol. The minimum atomic E-state index is -0.319. The molecule has 0 aromatic heterocycles. The topological polar surface area (TPSA) is 55.6 Å². The van der Waals surface area contributed by atoms with Crippen molar-refractivity contribution < 1.29 is 9.53 Å². The summed E-state index contributed by atoms with van der Waals surface area (Å²) in [6.07, 6.45) is 6.20. The summed E-state index contributed by atoms with van der Waals surface area (Å²) >= 11 is 1.75. The molecule has 1 unspecified atom stereocenters. The lowest BCUT2D eigenvalue weighted by molar-refractivity contribution is -0.133. The molecule has 2 atom stereocenters. The zero-order chi connectivity index (χ0) is 13.0. The van der Waals surface area contributed by atoms with Crippen LogP contribution in [0.3, 0.4) is 0 Å². The second-order valence-electron chi connectivity index (χ2n) is 5.34. The molecule has 1 saturated heterocycles. The van der Waals surface area contributed by atoms with Crippen molar-refractivity contribution in [2.45, 2.75) is 37.8 Å². The van der Waals surface area contributed by atoms with Crippen LogP contribution in [0, 0.1) is 5.92 Å². The Hall–Kier alpha value is -0.260. The minimum absolute atomic E-state index is 0.151. The Balaban J connectivity index is 1.85. The molecule has 2 fully saturated rings. The molecule has 104 valence electrons. The van der Waals surface area contributed by atoms with Crippen molar-refractivity contribution in [2.24, 2.45) is 11.7 Å². The predicted octanol–water partition coefficient (Wildman–Crippen LogP) is 1.09. The van der Waals surface area contributed by atoms with Crippen molar-refractivity contribution in [1.82, 2.24) is 4.90 Å². The first kappa shape index (κ1) is 14.2. The number of nitrogens with two attached hydrogens (primary N) is 1. The van der Waals surface area contributed by atoms with Crippen LogP contribution in [-0.2, 0) is 9.53 Å². The summed E-state index contributed by atoms with van der Waals surface area (Å²) < 4.78 is 5.39. The van der Waals surface area contributed by atoms with Gasteiger partial charge in [-0.15, -0.1) is 0 Å². The van der Waals surface area contributed by atoms with Crippen LogP contribution in [-0.4, -0.2) is 54.7 Å². The Morgan fingerprint density at radius 1 is 1.50 bits per heavy atom. The van der Waals surface area contributed by atoms with E-state index >= 15 is 0 Å². The molecular weight excluding hydrogens is 248 g/mol. The Kier molecular flexibility index (Phi) is 5.33. The van der Waals surface area contributed by atoms with E-state index in [1.165, 1.54) is 0 Å². The molecule has 0 spiro atoms. The van der Waals surface area contributed by atoms with Gasteiger partial charge in [-0.1, -0.05) is 0 Å². The highest BCUT2D eigenvalue weighted by Gasteiger charge is 2.36. The maximum atomic E-state index is 12.4. The number of hydrogen-bond donors (Lipinski definition) is 1. The van der Waals surface area contributed by atoms with Gasteiger partial charge in [-0.25, -0.2) is 0 Å². The fourth-order valence-electron chi connectivity index (χ4n) is 2.39. The van der Waals surface area contributed by atoms with E-state index in [1.807, 2.05) is 11.2 Å². The van der Waals surface area contributed by atoms with Crippen LogP contribution in [0.4, 0.5) is 0 Å². The summed E-state index contributed by atoms with van der Waals surface area (Å²) in [4.78, 5) is 14.4. The number of carbonyl (C=O) groups excluding carboxylic acids is 1. The largest absolute Gasteiger partial charge is 0.381 e. The molecule has 1 heterocycles. The second kappa shape index (κ2) is 6.78. The van der Waals surface area contributed by atoms with E-state index in [-0.39, 0.29) is 11.9 Å². The van der Waals surface area contributed by atoms with Gasteiger partial charge >= 0.3 is 0 Å². The standard InChI is InChI=1S/C13H24N2O2S/c1-18-7-5-12(14)13(16)15(11-2-3-11)8-10-4-6-17-9-10/h10-12H,2-9,14H2,1H3/t10?,12-/m1/s1. The average molecular weight is 272 g/mol. The van der Waals surface area contributed by atoms with E-state index in [0.29, 0.717) is 12.0 Å². The molecule has 2 aliphatic rings. The van der Waals surface area contributed by atoms with Crippen molar-refractivity contribution in [3.8, 4) is 0 Å². The highest BCUT2D eigenvalue weighted by molar-refractivity contribution is 7.98. The van der Waals surface area contributed by atoms with E-state index in [1.54, 1.807) is 11.8 Å². The molecule has 0 bridgehead atoms. The lowest BCUT2D eigenvalue weighted by Crippen LogP contribution is -2.47. The number of hydrogen-bond acceptors (Lipinski definition) is 4. The molecule has 4 nitrogen and oxygen atoms in total. The van der Waals surface area contributed by atoms with Crippen LogP contribution >= 0.6 is 11.8 Å². The van der Waals surface area contributed by atoms with Crippen molar-refractivity contribution in [3.05, 3.63) is 0 Å². The summed E-state index contributed by atoms with van der Waals surface area (Å²) in [5, 5.41) is 0. The van der Waals surface area contributed by atoms with Crippen molar-refractivity contribution in [3.63, 3.8) is 0 Å². The van der Waals surface area contributed by atoms with Crippen LogP contribution in [0.2, 0.25) is 0 Å². The Morgan fingerprint density at radius 3 is 2.83 bits per heavy atom. The maximum Gasteiger partial charge on any atom is 0.239 e. The van der Waals surface area contributed by atoms with Gasteiger partial charge in [0.25, 0.3) is 0 Å². The zero-order valence-electron chi connectivity index (χ0n) is 11.1. The van der Waals surface area contributed by atoms with Crippen LogP contribution < -0.4 is 5.73 Å². The number of ether oxygens (including phenoxy) is 1. The molecule has 1 saturated carbocycles. The Labute approximate surface area is 114 Å². The number of thioether (sulfide) groups is 1. The first-order valence-electron chi connectivity index (χ1n) is 6.85. The van der Waals surface area contributed by atoms with Crippen LogP contribution in [0.1, 0.15) is 25.7 Å². The molecule has 2 N–H and O–H groups in total. The fraction of sp³-hybridized carbons (Fsp3) is 0.923. The second-order valence-corrected chi connectivity index (χ2v) is 6.32. The monoisotopic (exact) mass is 272 g/mol. The van der Waals surface area contributed by atoms with Crippen LogP contribution in [0.5, 0.6) is 0 Å². The van der Waals surface area contributed by atoms with Gasteiger partial charge in [0.15, 0.2) is 0 Å². The molecule has 1 amide bonds. The minimum Gasteiger partial charge on any atom is -0.381 e. The number of carbonyl (C=O) groups is 1. The first-order valence-corrected chi connectivity index (χ1v) is 8.24. The quantitative estimate of drug-likeness (QED) is 0.754. The molecule has 5 heteroatoms. The van der Waals surface area contributed by atoms with Crippen molar-refractivity contribution in [2.75, 3.05) is 31.8 Å². The average Bonchev–Trinajstić information content (AvgIpc) is 3.09. The molecule has 0 aromatic rings. The molecule has 18 heavy (non-hydrogen) atoms. The Bertz CT molecular complexity index is 278. The lowest BCUT2D eigenvalue weighted by atomic mass is 10.1. The van der Waals surface area contributed by atoms with Gasteiger partial charge in [0, 0.05) is 25.1 Å². The summed E-state index contributed by atoms with van der Waals surface area (Å²) in [5.74, 6) is 1.62. The third-order valence-corrected chi connectivity index (χ3v) is 4.34. The fourth-order valence-corrected chi connectivity index (χ4v) is 2.88. The number of rotatable bonds is 7. The molecular formula is C13H24N2O2S. The van der Waals surface area contributed by atoms with E-state index < -0.39 is 0 Å². The highest BCUT2D eigenvalue weighted by Crippen LogP contribution is 2.29. The van der Waals surface area contributed by atoms with Gasteiger partial charge in [0.1, 0.15) is 0 Å². The van der Waals surface area contributed by atoms with Gasteiger partial charge in [0.2, 0.25) is 5.91 Å². The SMILES string of the molecule is CSCC[C@@H](N)C(=O)N(CC1CCOC1)C1CC1. The third kappa shape index (κ3) is 3.87. The van der Waals surface area contributed by atoms with Crippen LogP contribution in [0.15, 0.2) is 0 Å². The van der Waals surface area contributed by atoms with Gasteiger partial charge in [-0.3, -0.25) is 4.79 Å². The van der Waals surface area contributed by atoms with E-state index in [9.17, 15) is 4.79 Å². The molecule has 1 aliphatic carbocycles. The maximum absolute atomic E-state index is 12.4. The van der Waals surface area contributed by atoms with E-state index in [0.717, 1.165) is 51.2 Å². The summed E-state index contributed by atoms with van der Waals surface area (Å²) in [6, 6.07) is 0.138. The van der Waals surface area contributed by atoms with E-state index in [4.69, 9.17) is 10.5 Å². The smallest absolute Gasteiger partial charge is 0.239 e. The molecule has 0 radical (unpaired) electrons. The zero-order valence-corrected chi connectivity index (χ0v) is 12.0.